The Morgan fingerprint density at radius 3 is 2.13 bits per heavy atom. The molecule has 0 aromatic heterocycles. The van der Waals surface area contributed by atoms with Gasteiger partial charge < -0.3 is 20.3 Å². The summed E-state index contributed by atoms with van der Waals surface area (Å²) in [5, 5.41) is 5.76. The number of carbonyl (C=O) groups is 3. The zero-order valence-corrected chi connectivity index (χ0v) is 25.3. The maximum absolute atomic E-state index is 14.1. The monoisotopic (exact) mass is 537 g/mol. The Kier molecular flexibility index (Phi) is 11.1. The summed E-state index contributed by atoms with van der Waals surface area (Å²) in [5.74, 6) is -0.211. The number of ether oxygens (including phenoxy) is 1. The van der Waals surface area contributed by atoms with Gasteiger partial charge in [-0.2, -0.15) is 0 Å². The highest BCUT2D eigenvalue weighted by Gasteiger charge is 2.38. The van der Waals surface area contributed by atoms with Crippen molar-refractivity contribution in [2.75, 3.05) is 5.32 Å². The number of nitrogens with zero attached hydrogens (tertiary/aromatic N) is 1. The summed E-state index contributed by atoms with van der Waals surface area (Å²) in [6.45, 7) is 19.0. The van der Waals surface area contributed by atoms with E-state index in [4.69, 9.17) is 4.74 Å². The van der Waals surface area contributed by atoms with Crippen molar-refractivity contribution in [3.8, 4) is 0 Å². The molecule has 214 valence electrons. The molecule has 0 bridgehead atoms. The maximum atomic E-state index is 14.1. The molecule has 0 saturated carbocycles. The van der Waals surface area contributed by atoms with Crippen molar-refractivity contribution in [1.82, 2.24) is 10.2 Å². The fraction of sp³-hybridized carbons (Fsp3) is 0.531. The van der Waals surface area contributed by atoms with E-state index in [1.54, 1.807) is 32.6 Å². The molecule has 2 N–H and O–H groups in total. The van der Waals surface area contributed by atoms with Crippen LogP contribution in [0.2, 0.25) is 0 Å². The minimum Gasteiger partial charge on any atom is -0.444 e. The van der Waals surface area contributed by atoms with E-state index < -0.39 is 23.8 Å². The summed E-state index contributed by atoms with van der Waals surface area (Å²) in [6, 6.07) is 11.4. The SMILES string of the molecule is Cc1ccc(C)c(C(C(=O)Nc2ccccc2C)N(C(=O)C(C)NC(=O)OC(C)(C)C)C(C)CCC(C)C)c1. The normalized spacial score (nSPS) is 13.8. The smallest absolute Gasteiger partial charge is 0.408 e. The third-order valence-corrected chi connectivity index (χ3v) is 6.65. The molecule has 7 heteroatoms. The summed E-state index contributed by atoms with van der Waals surface area (Å²) >= 11 is 0. The zero-order chi connectivity index (χ0) is 29.5. The molecule has 7 nitrogen and oxygen atoms in total. The second-order valence-electron chi connectivity index (χ2n) is 12.0. The van der Waals surface area contributed by atoms with E-state index in [9.17, 15) is 14.4 Å². The van der Waals surface area contributed by atoms with E-state index in [1.807, 2.05) is 70.2 Å². The largest absolute Gasteiger partial charge is 0.444 e. The number of nitrogens with one attached hydrogen (secondary N) is 2. The lowest BCUT2D eigenvalue weighted by molar-refractivity contribution is -0.143. The molecule has 3 amide bonds. The fourth-order valence-electron chi connectivity index (χ4n) is 4.47. The van der Waals surface area contributed by atoms with Gasteiger partial charge in [0, 0.05) is 11.7 Å². The summed E-state index contributed by atoms with van der Waals surface area (Å²) in [4.78, 5) is 42.5. The van der Waals surface area contributed by atoms with Crippen LogP contribution in [-0.4, -0.2) is 40.5 Å². The van der Waals surface area contributed by atoms with Gasteiger partial charge >= 0.3 is 6.09 Å². The van der Waals surface area contributed by atoms with Crippen LogP contribution >= 0.6 is 0 Å². The summed E-state index contributed by atoms with van der Waals surface area (Å²) < 4.78 is 5.40. The topological polar surface area (TPSA) is 87.7 Å². The van der Waals surface area contributed by atoms with Crippen molar-refractivity contribution in [3.63, 3.8) is 0 Å². The van der Waals surface area contributed by atoms with Crippen LogP contribution in [0.15, 0.2) is 42.5 Å². The number of alkyl carbamates (subject to hydrolysis) is 1. The van der Waals surface area contributed by atoms with Crippen molar-refractivity contribution in [1.29, 1.82) is 0 Å². The quantitative estimate of drug-likeness (QED) is 0.347. The van der Waals surface area contributed by atoms with Crippen LogP contribution in [0, 0.1) is 26.7 Å². The first-order valence-electron chi connectivity index (χ1n) is 13.9. The molecule has 2 aromatic rings. The van der Waals surface area contributed by atoms with Gasteiger partial charge in [-0.3, -0.25) is 9.59 Å². The van der Waals surface area contributed by atoms with E-state index >= 15 is 0 Å². The highest BCUT2D eigenvalue weighted by molar-refractivity contribution is 5.99. The third-order valence-electron chi connectivity index (χ3n) is 6.65. The van der Waals surface area contributed by atoms with Crippen LogP contribution in [-0.2, 0) is 14.3 Å². The predicted molar refractivity (Wildman–Crippen MR) is 158 cm³/mol. The molecule has 3 atom stereocenters. The van der Waals surface area contributed by atoms with Gasteiger partial charge in [-0.25, -0.2) is 4.79 Å². The van der Waals surface area contributed by atoms with E-state index in [1.165, 1.54) is 0 Å². The highest BCUT2D eigenvalue weighted by Crippen LogP contribution is 2.31. The Labute approximate surface area is 234 Å². The highest BCUT2D eigenvalue weighted by atomic mass is 16.6. The van der Waals surface area contributed by atoms with Gasteiger partial charge in [-0.05, 0) is 96.9 Å². The summed E-state index contributed by atoms with van der Waals surface area (Å²) in [5.41, 5.74) is 3.58. The minimum atomic E-state index is -0.903. The Balaban J connectivity index is 2.59. The molecule has 2 rings (SSSR count). The second kappa shape index (κ2) is 13.6. The number of anilines is 1. The molecule has 0 aliphatic heterocycles. The lowest BCUT2D eigenvalue weighted by atomic mass is 9.93. The second-order valence-corrected chi connectivity index (χ2v) is 12.0. The fourth-order valence-corrected chi connectivity index (χ4v) is 4.47. The van der Waals surface area contributed by atoms with Crippen molar-refractivity contribution >= 4 is 23.6 Å². The molecular weight excluding hydrogens is 490 g/mol. The Morgan fingerprint density at radius 1 is 0.897 bits per heavy atom. The number of rotatable bonds is 10. The van der Waals surface area contributed by atoms with Crippen LogP contribution < -0.4 is 10.6 Å². The molecule has 2 aromatic carbocycles. The summed E-state index contributed by atoms with van der Waals surface area (Å²) in [7, 11) is 0. The van der Waals surface area contributed by atoms with Gasteiger partial charge in [-0.15, -0.1) is 0 Å². The maximum Gasteiger partial charge on any atom is 0.408 e. The van der Waals surface area contributed by atoms with Crippen molar-refractivity contribution in [2.24, 2.45) is 5.92 Å². The molecule has 3 unspecified atom stereocenters. The van der Waals surface area contributed by atoms with E-state index in [0.29, 0.717) is 18.0 Å². The van der Waals surface area contributed by atoms with Crippen LogP contribution in [0.25, 0.3) is 0 Å². The van der Waals surface area contributed by atoms with Crippen molar-refractivity contribution < 1.29 is 19.1 Å². The van der Waals surface area contributed by atoms with Gasteiger partial charge in [0.2, 0.25) is 5.91 Å². The van der Waals surface area contributed by atoms with Crippen molar-refractivity contribution in [3.05, 3.63) is 64.7 Å². The number of benzene rings is 2. The summed E-state index contributed by atoms with van der Waals surface area (Å²) in [6.07, 6.45) is 0.921. The average Bonchev–Trinajstić information content (AvgIpc) is 2.82. The van der Waals surface area contributed by atoms with Gasteiger partial charge in [0.25, 0.3) is 5.91 Å². The molecule has 39 heavy (non-hydrogen) atoms. The molecule has 0 aliphatic rings. The number of carbonyl (C=O) groups excluding carboxylic acids is 3. The number of amides is 3. The van der Waals surface area contributed by atoms with Crippen molar-refractivity contribution in [2.45, 2.75) is 106 Å². The first kappa shape index (κ1) is 31.9. The minimum absolute atomic E-state index is 0.268. The Morgan fingerprint density at radius 2 is 1.54 bits per heavy atom. The van der Waals surface area contributed by atoms with Gasteiger partial charge in [-0.1, -0.05) is 55.8 Å². The van der Waals surface area contributed by atoms with Gasteiger partial charge in [0.05, 0.1) is 0 Å². The van der Waals surface area contributed by atoms with Crippen LogP contribution in [0.1, 0.15) is 89.6 Å². The number of para-hydroxylation sites is 1. The molecule has 0 radical (unpaired) electrons. The lowest BCUT2D eigenvalue weighted by Gasteiger charge is -2.39. The van der Waals surface area contributed by atoms with E-state index in [-0.39, 0.29) is 17.9 Å². The van der Waals surface area contributed by atoms with Crippen LogP contribution in [0.5, 0.6) is 0 Å². The molecule has 0 spiro atoms. The Bertz CT molecular complexity index is 1150. The van der Waals surface area contributed by atoms with Gasteiger partial charge in [0.1, 0.15) is 17.7 Å². The van der Waals surface area contributed by atoms with Crippen LogP contribution in [0.4, 0.5) is 10.5 Å². The average molecular weight is 538 g/mol. The van der Waals surface area contributed by atoms with Crippen LogP contribution in [0.3, 0.4) is 0 Å². The number of aryl methyl sites for hydroxylation is 3. The molecule has 0 saturated heterocycles. The van der Waals surface area contributed by atoms with E-state index in [0.717, 1.165) is 28.7 Å². The third kappa shape index (κ3) is 9.41. The molecule has 0 aliphatic carbocycles. The number of hydrogen-bond acceptors (Lipinski definition) is 4. The molecule has 0 fully saturated rings. The number of hydrogen-bond donors (Lipinski definition) is 2. The van der Waals surface area contributed by atoms with E-state index in [2.05, 4.69) is 24.5 Å². The van der Waals surface area contributed by atoms with Gasteiger partial charge in [0.15, 0.2) is 0 Å². The first-order valence-corrected chi connectivity index (χ1v) is 13.9. The zero-order valence-electron chi connectivity index (χ0n) is 25.3. The lowest BCUT2D eigenvalue weighted by Crippen LogP contribution is -2.54. The standard InChI is InChI=1S/C32H47N3O4/c1-20(2)15-18-24(6)35(30(37)25(7)33-31(38)39-32(8,9)10)28(26-19-21(3)16-17-22(26)4)29(36)34-27-14-12-11-13-23(27)5/h11-14,16-17,19-20,24-25,28H,15,18H2,1-10H3,(H,33,38)(H,34,36). The molecule has 0 heterocycles. The predicted octanol–water partition coefficient (Wildman–Crippen LogP) is 6.86. The Hall–Kier alpha value is -3.35. The first-order chi connectivity index (χ1) is 18.1. The molecular formula is C32H47N3O4.